The minimum absolute atomic E-state index is 0. The highest BCUT2D eigenvalue weighted by Crippen LogP contribution is 2.15. The van der Waals surface area contributed by atoms with Gasteiger partial charge in [0, 0.05) is 31.3 Å². The van der Waals surface area contributed by atoms with Gasteiger partial charge in [0.1, 0.15) is 0 Å². The summed E-state index contributed by atoms with van der Waals surface area (Å²) in [7, 11) is 0. The quantitative estimate of drug-likeness (QED) is 0.367. The van der Waals surface area contributed by atoms with Crippen LogP contribution in [0.2, 0.25) is 0 Å². The highest BCUT2D eigenvalue weighted by Gasteiger charge is 1.98. The molecule has 0 fully saturated rings. The van der Waals surface area contributed by atoms with E-state index in [1.165, 1.54) is 10.9 Å². The number of aromatic nitrogens is 1. The van der Waals surface area contributed by atoms with Crippen LogP contribution in [0.25, 0.3) is 10.9 Å². The molecule has 4 nitrogen and oxygen atoms in total. The van der Waals surface area contributed by atoms with E-state index in [0.29, 0.717) is 5.96 Å². The molecule has 2 rings (SSSR count). The number of nitrogens with two attached hydrogens (primary N) is 1. The largest absolute Gasteiger partial charge is 0.370 e. The molecule has 1 heterocycles. The summed E-state index contributed by atoms with van der Waals surface area (Å²) in [6.07, 6.45) is 3.12. The first-order valence-corrected chi connectivity index (χ1v) is 6.39. The lowest BCUT2D eigenvalue weighted by Gasteiger charge is -2.05. The molecule has 2 aromatic rings. The molecule has 1 aromatic heterocycles. The molecule has 0 aliphatic carbocycles. The van der Waals surface area contributed by atoms with Gasteiger partial charge in [0.25, 0.3) is 0 Å². The van der Waals surface area contributed by atoms with Gasteiger partial charge in [-0.15, -0.1) is 24.0 Å². The third kappa shape index (κ3) is 4.41. The Morgan fingerprint density at radius 2 is 2.11 bits per heavy atom. The van der Waals surface area contributed by atoms with Gasteiger partial charge in [-0.05, 0) is 30.9 Å². The molecule has 0 saturated carbocycles. The number of nitrogens with zero attached hydrogens (tertiary/aromatic N) is 2. The molecule has 19 heavy (non-hydrogen) atoms. The molecule has 0 aliphatic rings. The van der Waals surface area contributed by atoms with Crippen LogP contribution in [0.4, 0.5) is 0 Å². The average molecular weight is 372 g/mol. The zero-order valence-corrected chi connectivity index (χ0v) is 13.5. The highest BCUT2D eigenvalue weighted by atomic mass is 127. The Bertz CT molecular complexity index is 533. The summed E-state index contributed by atoms with van der Waals surface area (Å²) in [4.78, 5) is 4.26. The summed E-state index contributed by atoms with van der Waals surface area (Å²) in [5.74, 6) is 0.537. The number of halogens is 1. The molecular weight excluding hydrogens is 351 g/mol. The van der Waals surface area contributed by atoms with Gasteiger partial charge in [0.15, 0.2) is 5.96 Å². The Morgan fingerprint density at radius 1 is 1.32 bits per heavy atom. The van der Waals surface area contributed by atoms with Gasteiger partial charge in [-0.2, -0.15) is 0 Å². The number of para-hydroxylation sites is 1. The standard InChI is InChI=1S/C14H20N4.HI/c1-2-16-14(15)17-9-5-10-18-11-8-12-6-3-4-7-13(12)18;/h3-4,6-8,11H,2,5,9-10H2,1H3,(H3,15,16,17);1H. The van der Waals surface area contributed by atoms with Crippen molar-refractivity contribution >= 4 is 40.8 Å². The number of nitrogens with one attached hydrogen (secondary N) is 1. The molecule has 0 saturated heterocycles. The van der Waals surface area contributed by atoms with E-state index in [1.807, 2.05) is 6.92 Å². The minimum Gasteiger partial charge on any atom is -0.370 e. The van der Waals surface area contributed by atoms with Crippen LogP contribution in [0.5, 0.6) is 0 Å². The van der Waals surface area contributed by atoms with Gasteiger partial charge in [0.2, 0.25) is 0 Å². The number of guanidine groups is 1. The van der Waals surface area contributed by atoms with Crippen LogP contribution in [-0.4, -0.2) is 23.6 Å². The van der Waals surface area contributed by atoms with E-state index in [1.54, 1.807) is 0 Å². The number of rotatable bonds is 5. The van der Waals surface area contributed by atoms with E-state index in [0.717, 1.165) is 26.1 Å². The number of benzene rings is 1. The van der Waals surface area contributed by atoms with E-state index in [9.17, 15) is 0 Å². The molecule has 0 bridgehead atoms. The Kier molecular flexibility index (Phi) is 6.69. The van der Waals surface area contributed by atoms with Crippen molar-refractivity contribution in [2.24, 2.45) is 10.7 Å². The summed E-state index contributed by atoms with van der Waals surface area (Å²) in [6.45, 7) is 4.55. The van der Waals surface area contributed by atoms with Crippen LogP contribution < -0.4 is 11.1 Å². The minimum atomic E-state index is 0. The topological polar surface area (TPSA) is 55.3 Å². The molecule has 0 unspecified atom stereocenters. The molecule has 0 atom stereocenters. The predicted octanol–water partition coefficient (Wildman–Crippen LogP) is 2.57. The van der Waals surface area contributed by atoms with Crippen LogP contribution in [-0.2, 0) is 6.54 Å². The normalized spacial score (nSPS) is 11.3. The Balaban J connectivity index is 0.00000180. The van der Waals surface area contributed by atoms with Gasteiger partial charge < -0.3 is 15.6 Å². The second-order valence-corrected chi connectivity index (χ2v) is 4.22. The smallest absolute Gasteiger partial charge is 0.188 e. The lowest BCUT2D eigenvalue weighted by atomic mass is 10.2. The van der Waals surface area contributed by atoms with Crippen LogP contribution in [0.1, 0.15) is 13.3 Å². The first-order chi connectivity index (χ1) is 8.81. The monoisotopic (exact) mass is 372 g/mol. The summed E-state index contributed by atoms with van der Waals surface area (Å²) >= 11 is 0. The van der Waals surface area contributed by atoms with Crippen molar-refractivity contribution in [2.75, 3.05) is 13.1 Å². The van der Waals surface area contributed by atoms with Gasteiger partial charge in [-0.1, -0.05) is 18.2 Å². The molecule has 3 N–H and O–H groups in total. The maximum Gasteiger partial charge on any atom is 0.188 e. The van der Waals surface area contributed by atoms with Crippen molar-refractivity contribution in [3.63, 3.8) is 0 Å². The van der Waals surface area contributed by atoms with Crippen molar-refractivity contribution in [1.82, 2.24) is 9.88 Å². The van der Waals surface area contributed by atoms with E-state index in [2.05, 4.69) is 51.4 Å². The number of hydrogen-bond donors (Lipinski definition) is 2. The Hall–Kier alpha value is -1.24. The first-order valence-electron chi connectivity index (χ1n) is 6.39. The third-order valence-corrected chi connectivity index (χ3v) is 2.88. The zero-order chi connectivity index (χ0) is 12.8. The fourth-order valence-electron chi connectivity index (χ4n) is 2.01. The SMILES string of the molecule is CCNC(N)=NCCCn1ccc2ccccc21.I. The number of aryl methyl sites for hydroxylation is 1. The Labute approximate surface area is 131 Å². The van der Waals surface area contributed by atoms with Crippen molar-refractivity contribution in [2.45, 2.75) is 19.9 Å². The first kappa shape index (κ1) is 15.8. The van der Waals surface area contributed by atoms with E-state index >= 15 is 0 Å². The predicted molar refractivity (Wildman–Crippen MR) is 92.1 cm³/mol. The average Bonchev–Trinajstić information content (AvgIpc) is 2.78. The van der Waals surface area contributed by atoms with Crippen molar-refractivity contribution in [1.29, 1.82) is 0 Å². The van der Waals surface area contributed by atoms with Gasteiger partial charge in [-0.25, -0.2) is 0 Å². The summed E-state index contributed by atoms with van der Waals surface area (Å²) in [5, 5.41) is 4.28. The molecule has 0 amide bonds. The fraction of sp³-hybridized carbons (Fsp3) is 0.357. The fourth-order valence-corrected chi connectivity index (χ4v) is 2.01. The summed E-state index contributed by atoms with van der Waals surface area (Å²) in [5.41, 5.74) is 6.95. The molecule has 0 aliphatic heterocycles. The van der Waals surface area contributed by atoms with Crippen molar-refractivity contribution in [3.8, 4) is 0 Å². The van der Waals surface area contributed by atoms with Crippen LogP contribution in [0.15, 0.2) is 41.5 Å². The molecule has 0 radical (unpaired) electrons. The van der Waals surface area contributed by atoms with Crippen molar-refractivity contribution in [3.05, 3.63) is 36.5 Å². The lowest BCUT2D eigenvalue weighted by molar-refractivity contribution is 0.669. The molecular formula is C14H21IN4. The van der Waals surface area contributed by atoms with Gasteiger partial charge in [0.05, 0.1) is 0 Å². The third-order valence-electron chi connectivity index (χ3n) is 2.88. The van der Waals surface area contributed by atoms with Gasteiger partial charge in [-0.3, -0.25) is 4.99 Å². The maximum atomic E-state index is 5.67. The maximum absolute atomic E-state index is 5.67. The van der Waals surface area contributed by atoms with Crippen LogP contribution in [0.3, 0.4) is 0 Å². The van der Waals surface area contributed by atoms with Crippen LogP contribution >= 0.6 is 24.0 Å². The summed E-state index contributed by atoms with van der Waals surface area (Å²) in [6, 6.07) is 10.6. The molecule has 104 valence electrons. The zero-order valence-electron chi connectivity index (χ0n) is 11.2. The molecule has 5 heteroatoms. The van der Waals surface area contributed by atoms with Crippen molar-refractivity contribution < 1.29 is 0 Å². The van der Waals surface area contributed by atoms with E-state index in [4.69, 9.17) is 5.73 Å². The number of aliphatic imine (C=N–C) groups is 1. The number of fused-ring (bicyclic) bond motifs is 1. The second kappa shape index (κ2) is 8.04. The Morgan fingerprint density at radius 3 is 2.89 bits per heavy atom. The number of hydrogen-bond acceptors (Lipinski definition) is 1. The molecule has 1 aromatic carbocycles. The lowest BCUT2D eigenvalue weighted by Crippen LogP contribution is -2.31. The van der Waals surface area contributed by atoms with Gasteiger partial charge >= 0.3 is 0 Å². The van der Waals surface area contributed by atoms with Crippen LogP contribution in [0, 0.1) is 0 Å². The second-order valence-electron chi connectivity index (χ2n) is 4.22. The summed E-state index contributed by atoms with van der Waals surface area (Å²) < 4.78 is 2.26. The highest BCUT2D eigenvalue weighted by molar-refractivity contribution is 14.0. The van der Waals surface area contributed by atoms with E-state index < -0.39 is 0 Å². The molecule has 0 spiro atoms. The van der Waals surface area contributed by atoms with E-state index in [-0.39, 0.29) is 24.0 Å².